The second-order valence-electron chi connectivity index (χ2n) is 6.32. The minimum absolute atomic E-state index is 0. The number of amides is 2. The molecule has 4 N–H and O–H groups in total. The molecular formula is C18H24ClN5O3. The van der Waals surface area contributed by atoms with Crippen LogP contribution >= 0.6 is 12.4 Å². The maximum absolute atomic E-state index is 13.0. The quantitative estimate of drug-likeness (QED) is 0.636. The minimum Gasteiger partial charge on any atom is -0.484 e. The molecule has 1 aromatic heterocycles. The van der Waals surface area contributed by atoms with Gasteiger partial charge in [-0.2, -0.15) is 5.10 Å². The summed E-state index contributed by atoms with van der Waals surface area (Å²) in [7, 11) is 0. The zero-order chi connectivity index (χ0) is 18.4. The van der Waals surface area contributed by atoms with Gasteiger partial charge >= 0.3 is 0 Å². The summed E-state index contributed by atoms with van der Waals surface area (Å²) in [5, 5.41) is 10.6. The van der Waals surface area contributed by atoms with Crippen LogP contribution in [0.1, 0.15) is 18.4 Å². The summed E-state index contributed by atoms with van der Waals surface area (Å²) in [5.74, 6) is -0.0406. The summed E-state index contributed by atoms with van der Waals surface area (Å²) < 4.78 is 7.06. The molecule has 146 valence electrons. The molecule has 1 aliphatic heterocycles. The van der Waals surface area contributed by atoms with Crippen LogP contribution in [0.2, 0.25) is 0 Å². The molecule has 3 rings (SSSR count). The SMILES string of the molecule is Cl.NC(=O)COc1cccc(CNC(=O)C2(n3cccn3)CCNCC2)c1. The van der Waals surface area contributed by atoms with Crippen LogP contribution in [-0.4, -0.2) is 41.3 Å². The lowest BCUT2D eigenvalue weighted by Gasteiger charge is -2.36. The highest BCUT2D eigenvalue weighted by Crippen LogP contribution is 2.27. The van der Waals surface area contributed by atoms with Crippen LogP contribution in [0.15, 0.2) is 42.7 Å². The van der Waals surface area contributed by atoms with Crippen LogP contribution in [0.4, 0.5) is 0 Å². The van der Waals surface area contributed by atoms with Crippen LogP contribution in [0.3, 0.4) is 0 Å². The Morgan fingerprint density at radius 2 is 2.07 bits per heavy atom. The van der Waals surface area contributed by atoms with E-state index in [2.05, 4.69) is 15.7 Å². The highest BCUT2D eigenvalue weighted by atomic mass is 35.5. The van der Waals surface area contributed by atoms with E-state index in [0.717, 1.165) is 18.7 Å². The van der Waals surface area contributed by atoms with Crippen LogP contribution in [0, 0.1) is 0 Å². The number of benzene rings is 1. The minimum atomic E-state index is -0.672. The van der Waals surface area contributed by atoms with Gasteiger partial charge in [-0.15, -0.1) is 12.4 Å². The summed E-state index contributed by atoms with van der Waals surface area (Å²) in [6.07, 6.45) is 4.89. The second-order valence-corrected chi connectivity index (χ2v) is 6.32. The van der Waals surface area contributed by atoms with Crippen molar-refractivity contribution >= 4 is 24.2 Å². The zero-order valence-corrected chi connectivity index (χ0v) is 15.7. The van der Waals surface area contributed by atoms with E-state index in [-0.39, 0.29) is 24.9 Å². The van der Waals surface area contributed by atoms with Gasteiger partial charge in [0.2, 0.25) is 5.91 Å². The van der Waals surface area contributed by atoms with E-state index in [0.29, 0.717) is 25.1 Å². The highest BCUT2D eigenvalue weighted by molar-refractivity contribution is 5.85. The fraction of sp³-hybridized carbons (Fsp3) is 0.389. The van der Waals surface area contributed by atoms with Crippen LogP contribution in [-0.2, 0) is 21.7 Å². The van der Waals surface area contributed by atoms with Gasteiger partial charge in [0.05, 0.1) is 0 Å². The van der Waals surface area contributed by atoms with Crippen molar-refractivity contribution in [1.29, 1.82) is 0 Å². The Hall–Kier alpha value is -2.58. The number of ether oxygens (including phenoxy) is 1. The maximum Gasteiger partial charge on any atom is 0.255 e. The van der Waals surface area contributed by atoms with Crippen molar-refractivity contribution < 1.29 is 14.3 Å². The lowest BCUT2D eigenvalue weighted by atomic mass is 9.87. The molecule has 1 saturated heterocycles. The summed E-state index contributed by atoms with van der Waals surface area (Å²) in [6, 6.07) is 9.06. The molecule has 1 fully saturated rings. The predicted molar refractivity (Wildman–Crippen MR) is 103 cm³/mol. The van der Waals surface area contributed by atoms with E-state index < -0.39 is 11.4 Å². The first-order chi connectivity index (χ1) is 12.6. The van der Waals surface area contributed by atoms with Crippen LogP contribution < -0.4 is 21.1 Å². The van der Waals surface area contributed by atoms with Crippen LogP contribution in [0.25, 0.3) is 0 Å². The largest absolute Gasteiger partial charge is 0.484 e. The molecule has 0 bridgehead atoms. The molecule has 2 aromatic rings. The first-order valence-corrected chi connectivity index (χ1v) is 8.59. The van der Waals surface area contributed by atoms with Gasteiger partial charge in [0.1, 0.15) is 11.3 Å². The summed E-state index contributed by atoms with van der Waals surface area (Å²) >= 11 is 0. The normalized spacial score (nSPS) is 15.4. The zero-order valence-electron chi connectivity index (χ0n) is 14.9. The number of nitrogens with two attached hydrogens (primary N) is 1. The van der Waals surface area contributed by atoms with E-state index in [1.54, 1.807) is 23.0 Å². The first-order valence-electron chi connectivity index (χ1n) is 8.59. The van der Waals surface area contributed by atoms with Crippen LogP contribution in [0.5, 0.6) is 5.75 Å². The standard InChI is InChI=1S/C18H23N5O3.ClH/c19-16(24)13-26-15-4-1-3-14(11-15)12-21-17(25)18(5-8-20-9-6-18)23-10-2-7-22-23;/h1-4,7,10-11,20H,5-6,8-9,12-13H2,(H2,19,24)(H,21,25);1H. The number of carbonyl (C=O) groups is 2. The Balaban J connectivity index is 0.00000261. The third-order valence-electron chi connectivity index (χ3n) is 4.53. The molecule has 0 atom stereocenters. The molecule has 2 heterocycles. The van der Waals surface area contributed by atoms with Gasteiger partial charge in [0.25, 0.3) is 5.91 Å². The van der Waals surface area contributed by atoms with Crippen molar-refractivity contribution in [1.82, 2.24) is 20.4 Å². The Labute approximate surface area is 163 Å². The van der Waals surface area contributed by atoms with Crippen molar-refractivity contribution in [3.63, 3.8) is 0 Å². The highest BCUT2D eigenvalue weighted by Gasteiger charge is 2.41. The Morgan fingerprint density at radius 1 is 1.30 bits per heavy atom. The van der Waals surface area contributed by atoms with Crippen molar-refractivity contribution in [2.75, 3.05) is 19.7 Å². The number of aromatic nitrogens is 2. The third kappa shape index (κ3) is 4.99. The lowest BCUT2D eigenvalue weighted by Crippen LogP contribution is -2.54. The fourth-order valence-corrected chi connectivity index (χ4v) is 3.17. The maximum atomic E-state index is 13.0. The summed E-state index contributed by atoms with van der Waals surface area (Å²) in [6.45, 7) is 1.72. The van der Waals surface area contributed by atoms with Gasteiger partial charge in [-0.25, -0.2) is 0 Å². The smallest absolute Gasteiger partial charge is 0.255 e. The van der Waals surface area contributed by atoms with Gasteiger partial charge in [-0.05, 0) is 49.7 Å². The Bertz CT molecular complexity index is 760. The summed E-state index contributed by atoms with van der Waals surface area (Å²) in [5.41, 5.74) is 5.29. The number of primary amides is 1. The van der Waals surface area contributed by atoms with E-state index in [9.17, 15) is 9.59 Å². The molecule has 1 aromatic carbocycles. The lowest BCUT2D eigenvalue weighted by molar-refractivity contribution is -0.132. The van der Waals surface area contributed by atoms with Crippen molar-refractivity contribution in [2.45, 2.75) is 24.9 Å². The predicted octanol–water partition coefficient (Wildman–Crippen LogP) is 0.564. The number of halogens is 1. The van der Waals surface area contributed by atoms with Crippen molar-refractivity contribution in [3.8, 4) is 5.75 Å². The number of nitrogens with one attached hydrogen (secondary N) is 2. The number of rotatable bonds is 7. The molecular weight excluding hydrogens is 370 g/mol. The second kappa shape index (κ2) is 9.38. The number of hydrogen-bond acceptors (Lipinski definition) is 5. The topological polar surface area (TPSA) is 111 Å². The molecule has 0 saturated carbocycles. The van der Waals surface area contributed by atoms with E-state index in [1.807, 2.05) is 24.4 Å². The van der Waals surface area contributed by atoms with Gasteiger partial charge in [0.15, 0.2) is 6.61 Å². The molecule has 8 nitrogen and oxygen atoms in total. The van der Waals surface area contributed by atoms with E-state index in [4.69, 9.17) is 10.5 Å². The van der Waals surface area contributed by atoms with Crippen molar-refractivity contribution in [2.24, 2.45) is 5.73 Å². The number of hydrogen-bond donors (Lipinski definition) is 3. The molecule has 0 spiro atoms. The number of nitrogens with zero attached hydrogens (tertiary/aromatic N) is 2. The Morgan fingerprint density at radius 3 is 2.74 bits per heavy atom. The first kappa shape index (κ1) is 20.7. The third-order valence-corrected chi connectivity index (χ3v) is 4.53. The van der Waals surface area contributed by atoms with E-state index >= 15 is 0 Å². The van der Waals surface area contributed by atoms with E-state index in [1.165, 1.54) is 0 Å². The van der Waals surface area contributed by atoms with Gasteiger partial charge < -0.3 is 21.1 Å². The van der Waals surface area contributed by atoms with Gasteiger partial charge in [0, 0.05) is 18.9 Å². The average Bonchev–Trinajstić information content (AvgIpc) is 3.20. The number of piperidine rings is 1. The monoisotopic (exact) mass is 393 g/mol. The fourth-order valence-electron chi connectivity index (χ4n) is 3.17. The molecule has 0 aliphatic carbocycles. The number of carbonyl (C=O) groups excluding carboxylic acids is 2. The molecule has 0 radical (unpaired) electrons. The average molecular weight is 394 g/mol. The Kier molecular flexibility index (Phi) is 7.20. The van der Waals surface area contributed by atoms with Gasteiger partial charge in [-0.1, -0.05) is 12.1 Å². The molecule has 9 heteroatoms. The summed E-state index contributed by atoms with van der Waals surface area (Å²) in [4.78, 5) is 23.8. The van der Waals surface area contributed by atoms with Crippen molar-refractivity contribution in [3.05, 3.63) is 48.3 Å². The molecule has 0 unspecified atom stereocenters. The van der Waals surface area contributed by atoms with Gasteiger partial charge in [-0.3, -0.25) is 14.3 Å². The molecule has 27 heavy (non-hydrogen) atoms. The molecule has 1 aliphatic rings. The molecule has 2 amide bonds.